The molecular formula is C12H23N5. The number of rotatable bonds is 4. The first-order chi connectivity index (χ1) is 8.31. The van der Waals surface area contributed by atoms with Crippen molar-refractivity contribution in [3.05, 3.63) is 12.2 Å². The van der Waals surface area contributed by atoms with Gasteiger partial charge in [0.1, 0.15) is 12.2 Å². The Morgan fingerprint density at radius 2 is 2.35 bits per heavy atom. The van der Waals surface area contributed by atoms with E-state index in [0.29, 0.717) is 6.04 Å². The highest BCUT2D eigenvalue weighted by Gasteiger charge is 2.18. The monoisotopic (exact) mass is 237 g/mol. The third kappa shape index (κ3) is 3.26. The van der Waals surface area contributed by atoms with Crippen LogP contribution in [0.15, 0.2) is 6.33 Å². The molecule has 1 unspecified atom stereocenters. The number of aromatic nitrogens is 3. The van der Waals surface area contributed by atoms with Crippen LogP contribution < -0.4 is 5.32 Å². The van der Waals surface area contributed by atoms with Crippen molar-refractivity contribution in [2.75, 3.05) is 20.1 Å². The summed E-state index contributed by atoms with van der Waals surface area (Å²) in [6, 6.07) is 0.673. The Morgan fingerprint density at radius 3 is 3.18 bits per heavy atom. The Labute approximate surface area is 103 Å². The Balaban J connectivity index is 1.93. The second-order valence-corrected chi connectivity index (χ2v) is 4.74. The first-order valence-corrected chi connectivity index (χ1v) is 6.59. The topological polar surface area (TPSA) is 46.0 Å². The third-order valence-electron chi connectivity index (χ3n) is 3.55. The van der Waals surface area contributed by atoms with Crippen molar-refractivity contribution in [3.63, 3.8) is 0 Å². The van der Waals surface area contributed by atoms with Crippen LogP contribution in [-0.2, 0) is 13.1 Å². The van der Waals surface area contributed by atoms with Crippen molar-refractivity contribution < 1.29 is 0 Å². The molecular weight excluding hydrogens is 214 g/mol. The SMILES string of the molecule is CCn1ncnc1CN(C)C1CCCNCC1. The van der Waals surface area contributed by atoms with Crippen LogP contribution in [0, 0.1) is 0 Å². The fourth-order valence-electron chi connectivity index (χ4n) is 2.47. The van der Waals surface area contributed by atoms with Crippen molar-refractivity contribution >= 4 is 0 Å². The summed E-state index contributed by atoms with van der Waals surface area (Å²) in [5, 5.41) is 7.67. The summed E-state index contributed by atoms with van der Waals surface area (Å²) in [7, 11) is 2.20. The number of nitrogens with zero attached hydrogens (tertiary/aromatic N) is 4. The lowest BCUT2D eigenvalue weighted by atomic mass is 10.1. The van der Waals surface area contributed by atoms with Crippen molar-refractivity contribution in [2.24, 2.45) is 0 Å². The molecule has 96 valence electrons. The first kappa shape index (κ1) is 12.5. The standard InChI is InChI=1S/C12H23N5/c1-3-17-12(14-10-15-17)9-16(2)11-5-4-7-13-8-6-11/h10-11,13H,3-9H2,1-2H3. The summed E-state index contributed by atoms with van der Waals surface area (Å²) in [6.07, 6.45) is 5.44. The Kier molecular flexibility index (Phi) is 4.50. The maximum Gasteiger partial charge on any atom is 0.140 e. The van der Waals surface area contributed by atoms with Gasteiger partial charge in [0.25, 0.3) is 0 Å². The van der Waals surface area contributed by atoms with Gasteiger partial charge in [-0.1, -0.05) is 0 Å². The van der Waals surface area contributed by atoms with Crippen molar-refractivity contribution in [2.45, 2.75) is 45.3 Å². The van der Waals surface area contributed by atoms with Gasteiger partial charge >= 0.3 is 0 Å². The van der Waals surface area contributed by atoms with Crippen molar-refractivity contribution in [1.29, 1.82) is 0 Å². The van der Waals surface area contributed by atoms with Gasteiger partial charge in [-0.25, -0.2) is 9.67 Å². The molecule has 0 aromatic carbocycles. The van der Waals surface area contributed by atoms with Crippen LogP contribution in [0.5, 0.6) is 0 Å². The van der Waals surface area contributed by atoms with Crippen LogP contribution in [-0.4, -0.2) is 45.8 Å². The highest BCUT2D eigenvalue weighted by Crippen LogP contribution is 2.13. The summed E-state index contributed by atoms with van der Waals surface area (Å²) in [5.41, 5.74) is 0. The zero-order chi connectivity index (χ0) is 12.1. The van der Waals surface area contributed by atoms with Gasteiger partial charge in [-0.15, -0.1) is 0 Å². The average Bonchev–Trinajstić information content (AvgIpc) is 2.62. The molecule has 5 heteroatoms. The summed E-state index contributed by atoms with van der Waals surface area (Å²) in [4.78, 5) is 6.76. The summed E-state index contributed by atoms with van der Waals surface area (Å²) >= 11 is 0. The molecule has 5 nitrogen and oxygen atoms in total. The molecule has 17 heavy (non-hydrogen) atoms. The van der Waals surface area contributed by atoms with Gasteiger partial charge in [-0.05, 0) is 46.3 Å². The fourth-order valence-corrected chi connectivity index (χ4v) is 2.47. The molecule has 0 bridgehead atoms. The molecule has 2 heterocycles. The van der Waals surface area contributed by atoms with E-state index in [1.165, 1.54) is 19.3 Å². The van der Waals surface area contributed by atoms with Crippen molar-refractivity contribution in [1.82, 2.24) is 25.0 Å². The molecule has 1 aliphatic heterocycles. The Morgan fingerprint density at radius 1 is 1.47 bits per heavy atom. The van der Waals surface area contributed by atoms with Gasteiger partial charge in [0.2, 0.25) is 0 Å². The smallest absolute Gasteiger partial charge is 0.140 e. The third-order valence-corrected chi connectivity index (χ3v) is 3.55. The van der Waals surface area contributed by atoms with Gasteiger partial charge in [-0.3, -0.25) is 4.90 Å². The van der Waals surface area contributed by atoms with E-state index in [1.807, 2.05) is 4.68 Å². The van der Waals surface area contributed by atoms with E-state index in [0.717, 1.165) is 32.0 Å². The van der Waals surface area contributed by atoms with Gasteiger partial charge in [0.15, 0.2) is 0 Å². The maximum absolute atomic E-state index is 4.34. The lowest BCUT2D eigenvalue weighted by Crippen LogP contribution is -2.33. The lowest BCUT2D eigenvalue weighted by Gasteiger charge is -2.26. The highest BCUT2D eigenvalue weighted by atomic mass is 15.3. The number of nitrogens with one attached hydrogen (secondary N) is 1. The molecule has 2 rings (SSSR count). The maximum atomic E-state index is 4.34. The predicted molar refractivity (Wildman–Crippen MR) is 67.7 cm³/mol. The number of hydrogen-bond donors (Lipinski definition) is 1. The van der Waals surface area contributed by atoms with Crippen LogP contribution in [0.2, 0.25) is 0 Å². The van der Waals surface area contributed by atoms with Gasteiger partial charge < -0.3 is 5.32 Å². The molecule has 1 aliphatic rings. The minimum atomic E-state index is 0.673. The zero-order valence-electron chi connectivity index (χ0n) is 10.9. The molecule has 1 atom stereocenters. The van der Waals surface area contributed by atoms with E-state index in [4.69, 9.17) is 0 Å². The highest BCUT2D eigenvalue weighted by molar-refractivity contribution is 4.86. The van der Waals surface area contributed by atoms with E-state index >= 15 is 0 Å². The molecule has 1 N–H and O–H groups in total. The minimum absolute atomic E-state index is 0.673. The molecule has 0 spiro atoms. The van der Waals surface area contributed by atoms with Crippen LogP contribution in [0.4, 0.5) is 0 Å². The molecule has 0 aliphatic carbocycles. The van der Waals surface area contributed by atoms with Crippen LogP contribution >= 0.6 is 0 Å². The van der Waals surface area contributed by atoms with Crippen molar-refractivity contribution in [3.8, 4) is 0 Å². The molecule has 1 saturated heterocycles. The normalized spacial score (nSPS) is 21.7. The number of aryl methyl sites for hydroxylation is 1. The largest absolute Gasteiger partial charge is 0.317 e. The molecule has 1 aromatic rings. The lowest BCUT2D eigenvalue weighted by molar-refractivity contribution is 0.208. The predicted octanol–water partition coefficient (Wildman–Crippen LogP) is 0.872. The first-order valence-electron chi connectivity index (χ1n) is 6.59. The fraction of sp³-hybridized carbons (Fsp3) is 0.833. The second-order valence-electron chi connectivity index (χ2n) is 4.74. The molecule has 1 aromatic heterocycles. The number of hydrogen-bond acceptors (Lipinski definition) is 4. The van der Waals surface area contributed by atoms with Gasteiger partial charge in [0, 0.05) is 12.6 Å². The molecule has 0 amide bonds. The second kappa shape index (κ2) is 6.12. The van der Waals surface area contributed by atoms with E-state index < -0.39 is 0 Å². The van der Waals surface area contributed by atoms with E-state index in [9.17, 15) is 0 Å². The minimum Gasteiger partial charge on any atom is -0.317 e. The van der Waals surface area contributed by atoms with Gasteiger partial charge in [0.05, 0.1) is 6.54 Å². The summed E-state index contributed by atoms with van der Waals surface area (Å²) in [5.74, 6) is 1.08. The van der Waals surface area contributed by atoms with Gasteiger partial charge in [-0.2, -0.15) is 5.10 Å². The van der Waals surface area contributed by atoms with Crippen LogP contribution in [0.1, 0.15) is 32.0 Å². The van der Waals surface area contributed by atoms with Crippen LogP contribution in [0.25, 0.3) is 0 Å². The molecule has 0 radical (unpaired) electrons. The summed E-state index contributed by atoms with van der Waals surface area (Å²) < 4.78 is 1.98. The summed E-state index contributed by atoms with van der Waals surface area (Å²) in [6.45, 7) is 6.20. The van der Waals surface area contributed by atoms with E-state index in [1.54, 1.807) is 6.33 Å². The molecule has 0 saturated carbocycles. The molecule has 1 fully saturated rings. The van der Waals surface area contributed by atoms with Crippen LogP contribution in [0.3, 0.4) is 0 Å². The Hall–Kier alpha value is -0.940. The average molecular weight is 237 g/mol. The quantitative estimate of drug-likeness (QED) is 0.844. The van der Waals surface area contributed by atoms with E-state index in [2.05, 4.69) is 34.3 Å². The zero-order valence-corrected chi connectivity index (χ0v) is 10.9. The Bertz CT molecular complexity index is 327. The van der Waals surface area contributed by atoms with E-state index in [-0.39, 0.29) is 0 Å².